The molecule has 12 heteroatoms. The van der Waals surface area contributed by atoms with Crippen LogP contribution in [0, 0.1) is 23.2 Å². The van der Waals surface area contributed by atoms with Crippen LogP contribution in [0.5, 0.6) is 0 Å². The molecule has 37 heavy (non-hydrogen) atoms. The molecule has 1 aromatic heterocycles. The molecule has 200 valence electrons. The molecule has 3 heterocycles. The lowest BCUT2D eigenvalue weighted by Crippen LogP contribution is -2.44. The van der Waals surface area contributed by atoms with Gasteiger partial charge < -0.3 is 14.5 Å². The summed E-state index contributed by atoms with van der Waals surface area (Å²) in [6.07, 6.45) is 4.78. The van der Waals surface area contributed by atoms with Crippen LogP contribution in [-0.4, -0.2) is 68.1 Å². The summed E-state index contributed by atoms with van der Waals surface area (Å²) in [5.74, 6) is -1.06. The highest BCUT2D eigenvalue weighted by molar-refractivity contribution is 7.90. The van der Waals surface area contributed by atoms with E-state index in [-0.39, 0.29) is 41.9 Å². The van der Waals surface area contributed by atoms with Crippen LogP contribution < -0.4 is 9.62 Å². The molecule has 3 aliphatic rings. The molecular formula is C25H33N5O6S. The summed E-state index contributed by atoms with van der Waals surface area (Å²) in [5, 5.41) is 9.80. The Bertz CT molecular complexity index is 1200. The fourth-order valence-electron chi connectivity index (χ4n) is 5.02. The highest BCUT2D eigenvalue weighted by Crippen LogP contribution is 2.29. The second-order valence-electron chi connectivity index (χ2n) is 9.91. The van der Waals surface area contributed by atoms with Crippen molar-refractivity contribution in [1.82, 2.24) is 14.6 Å². The fraction of sp³-hybridized carbons (Fsp3) is 0.640. The van der Waals surface area contributed by atoms with Gasteiger partial charge in [0.05, 0.1) is 35.7 Å². The van der Waals surface area contributed by atoms with Crippen molar-refractivity contribution in [2.75, 3.05) is 36.9 Å². The highest BCUT2D eigenvalue weighted by Gasteiger charge is 2.32. The number of aromatic nitrogens is 1. The topological polar surface area (TPSA) is 150 Å². The molecule has 2 amide bonds. The lowest BCUT2D eigenvalue weighted by atomic mass is 9.87. The zero-order valence-corrected chi connectivity index (χ0v) is 21.9. The minimum Gasteiger partial charge on any atom is -0.462 e. The van der Waals surface area contributed by atoms with Gasteiger partial charge in [0.25, 0.3) is 0 Å². The largest absolute Gasteiger partial charge is 0.462 e. The van der Waals surface area contributed by atoms with Crippen LogP contribution in [0.3, 0.4) is 0 Å². The Kier molecular flexibility index (Phi) is 8.32. The van der Waals surface area contributed by atoms with Gasteiger partial charge in [-0.3, -0.25) is 14.3 Å². The second kappa shape index (κ2) is 11.5. The van der Waals surface area contributed by atoms with E-state index in [2.05, 4.69) is 15.8 Å². The Labute approximate surface area is 217 Å². The summed E-state index contributed by atoms with van der Waals surface area (Å²) < 4.78 is 32.1. The maximum Gasteiger partial charge on any atom is 0.340 e. The highest BCUT2D eigenvalue weighted by atomic mass is 32.2. The molecule has 1 aliphatic carbocycles. The van der Waals surface area contributed by atoms with Crippen LogP contribution in [0.4, 0.5) is 5.82 Å². The molecule has 0 unspecified atom stereocenters. The van der Waals surface area contributed by atoms with Crippen LogP contribution in [-0.2, 0) is 30.9 Å². The first kappa shape index (κ1) is 26.9. The van der Waals surface area contributed by atoms with E-state index in [0.29, 0.717) is 50.4 Å². The Morgan fingerprint density at radius 2 is 1.92 bits per heavy atom. The molecule has 2 aliphatic heterocycles. The van der Waals surface area contributed by atoms with Crippen LogP contribution in [0.2, 0.25) is 0 Å². The van der Waals surface area contributed by atoms with Crippen molar-refractivity contribution in [3.63, 3.8) is 0 Å². The quantitative estimate of drug-likeness (QED) is 0.470. The SMILES string of the molecule is CCOC(=O)c1cc(C#N)c(N2CCC(C(=O)NS(=O)(=O)CC3CCC3)CC2)nc1CN1CCCC1=O. The molecule has 2 saturated heterocycles. The van der Waals surface area contributed by atoms with Gasteiger partial charge in [-0.1, -0.05) is 6.42 Å². The smallest absolute Gasteiger partial charge is 0.340 e. The Morgan fingerprint density at radius 1 is 1.19 bits per heavy atom. The molecule has 0 aromatic carbocycles. The van der Waals surface area contributed by atoms with Crippen LogP contribution in [0.1, 0.15) is 73.5 Å². The van der Waals surface area contributed by atoms with E-state index in [1.54, 1.807) is 11.8 Å². The van der Waals surface area contributed by atoms with E-state index in [1.807, 2.05) is 4.90 Å². The van der Waals surface area contributed by atoms with Crippen molar-refractivity contribution in [2.24, 2.45) is 11.8 Å². The number of anilines is 1. The molecule has 11 nitrogen and oxygen atoms in total. The van der Waals surface area contributed by atoms with Crippen LogP contribution in [0.15, 0.2) is 6.07 Å². The van der Waals surface area contributed by atoms with Gasteiger partial charge in [0.15, 0.2) is 0 Å². The monoisotopic (exact) mass is 531 g/mol. The average molecular weight is 532 g/mol. The second-order valence-corrected chi connectivity index (χ2v) is 11.7. The summed E-state index contributed by atoms with van der Waals surface area (Å²) >= 11 is 0. The van der Waals surface area contributed by atoms with Gasteiger partial charge in [0.1, 0.15) is 11.9 Å². The number of likely N-dealkylation sites (tertiary alicyclic amines) is 1. The van der Waals surface area contributed by atoms with Gasteiger partial charge in [-0.15, -0.1) is 0 Å². The van der Waals surface area contributed by atoms with Crippen molar-refractivity contribution < 1.29 is 27.5 Å². The van der Waals surface area contributed by atoms with Gasteiger partial charge in [0.2, 0.25) is 21.8 Å². The van der Waals surface area contributed by atoms with Gasteiger partial charge >= 0.3 is 5.97 Å². The predicted molar refractivity (Wildman–Crippen MR) is 134 cm³/mol. The average Bonchev–Trinajstić information content (AvgIpc) is 3.25. The third kappa shape index (κ3) is 6.39. The standard InChI is InChI=1S/C25H33N5O6S/c1-2-36-25(33)20-13-19(14-26)23(27-21(20)15-30-10-4-7-22(30)31)29-11-8-18(9-12-29)24(32)28-37(34,35)16-17-5-3-6-17/h13,17-18H,2-12,15-16H2,1H3,(H,28,32). The van der Waals surface area contributed by atoms with Gasteiger partial charge in [0, 0.05) is 32.0 Å². The summed E-state index contributed by atoms with van der Waals surface area (Å²) in [4.78, 5) is 45.7. The molecule has 4 rings (SSSR count). The molecule has 0 atom stereocenters. The number of nitriles is 1. The summed E-state index contributed by atoms with van der Waals surface area (Å²) in [6, 6.07) is 3.56. The molecule has 1 aromatic rings. The van der Waals surface area contributed by atoms with Crippen molar-refractivity contribution in [2.45, 2.75) is 58.4 Å². The molecular weight excluding hydrogens is 498 g/mol. The molecule has 3 fully saturated rings. The zero-order valence-electron chi connectivity index (χ0n) is 21.1. The summed E-state index contributed by atoms with van der Waals surface area (Å²) in [7, 11) is -3.65. The number of nitrogens with zero attached hydrogens (tertiary/aromatic N) is 4. The first-order chi connectivity index (χ1) is 17.7. The van der Waals surface area contributed by atoms with Crippen molar-refractivity contribution >= 4 is 33.6 Å². The zero-order chi connectivity index (χ0) is 26.6. The number of amides is 2. The number of esters is 1. The van der Waals surface area contributed by atoms with Crippen LogP contribution >= 0.6 is 0 Å². The van der Waals surface area contributed by atoms with Crippen molar-refractivity contribution in [3.05, 3.63) is 22.9 Å². The molecule has 0 bridgehead atoms. The van der Waals surface area contributed by atoms with E-state index in [0.717, 1.165) is 25.7 Å². The predicted octanol–water partition coefficient (Wildman–Crippen LogP) is 1.71. The van der Waals surface area contributed by atoms with E-state index in [4.69, 9.17) is 4.74 Å². The Balaban J connectivity index is 1.48. The van der Waals surface area contributed by atoms with Crippen molar-refractivity contribution in [3.8, 4) is 6.07 Å². The number of carbonyl (C=O) groups is 3. The molecule has 0 spiro atoms. The number of carbonyl (C=O) groups excluding carboxylic acids is 3. The van der Waals surface area contributed by atoms with Crippen LogP contribution in [0.25, 0.3) is 0 Å². The minimum absolute atomic E-state index is 0.0118. The molecule has 1 N–H and O–H groups in total. The van der Waals surface area contributed by atoms with E-state index < -0.39 is 27.8 Å². The van der Waals surface area contributed by atoms with Crippen molar-refractivity contribution in [1.29, 1.82) is 5.26 Å². The maximum atomic E-state index is 12.7. The first-order valence-corrected chi connectivity index (χ1v) is 14.5. The lowest BCUT2D eigenvalue weighted by Gasteiger charge is -2.33. The minimum atomic E-state index is -3.65. The number of nitrogens with one attached hydrogen (secondary N) is 1. The number of ether oxygens (including phenoxy) is 1. The molecule has 1 saturated carbocycles. The normalized spacial score (nSPS) is 18.9. The van der Waals surface area contributed by atoms with E-state index in [1.165, 1.54) is 6.07 Å². The fourth-order valence-corrected chi connectivity index (χ4v) is 6.53. The Hall–Kier alpha value is -3.20. The first-order valence-electron chi connectivity index (χ1n) is 12.9. The number of hydrogen-bond donors (Lipinski definition) is 1. The number of rotatable bonds is 9. The number of hydrogen-bond acceptors (Lipinski definition) is 9. The number of sulfonamides is 1. The maximum absolute atomic E-state index is 12.7. The van der Waals surface area contributed by atoms with Gasteiger partial charge in [-0.2, -0.15) is 5.26 Å². The summed E-state index contributed by atoms with van der Waals surface area (Å²) in [6.45, 7) is 3.35. The van der Waals surface area contributed by atoms with E-state index in [9.17, 15) is 28.1 Å². The van der Waals surface area contributed by atoms with E-state index >= 15 is 0 Å². The molecule has 0 radical (unpaired) electrons. The van der Waals surface area contributed by atoms with Gasteiger partial charge in [-0.25, -0.2) is 18.2 Å². The van der Waals surface area contributed by atoms with Gasteiger partial charge in [-0.05, 0) is 51.0 Å². The third-order valence-corrected chi connectivity index (χ3v) is 8.73. The Morgan fingerprint density at radius 3 is 2.49 bits per heavy atom. The lowest BCUT2D eigenvalue weighted by molar-refractivity contribution is -0.128. The number of pyridine rings is 1. The summed E-state index contributed by atoms with van der Waals surface area (Å²) in [5.41, 5.74) is 0.725. The number of piperidine rings is 1. The third-order valence-electron chi connectivity index (χ3n) is 7.31.